The van der Waals surface area contributed by atoms with Gasteiger partial charge in [-0.1, -0.05) is 0 Å². The molecule has 4 rings (SSSR count). The first-order valence-electron chi connectivity index (χ1n) is 9.66. The molecule has 0 atom stereocenters. The zero-order valence-electron chi connectivity index (χ0n) is 17.5. The van der Waals surface area contributed by atoms with Gasteiger partial charge in [-0.3, -0.25) is 9.78 Å². The van der Waals surface area contributed by atoms with Gasteiger partial charge in [-0.15, -0.1) is 0 Å². The van der Waals surface area contributed by atoms with Crippen LogP contribution in [0.5, 0.6) is 17.5 Å². The summed E-state index contributed by atoms with van der Waals surface area (Å²) in [4.78, 5) is 27.9. The van der Waals surface area contributed by atoms with Crippen LogP contribution in [-0.2, 0) is 6.54 Å². The minimum Gasteiger partial charge on any atom is -0.491 e. The van der Waals surface area contributed by atoms with E-state index in [4.69, 9.17) is 24.3 Å². The van der Waals surface area contributed by atoms with Crippen LogP contribution in [-0.4, -0.2) is 53.4 Å². The van der Waals surface area contributed by atoms with Crippen LogP contribution in [0.15, 0.2) is 36.7 Å². The minimum absolute atomic E-state index is 0.114. The molecule has 9 heteroatoms. The lowest BCUT2D eigenvalue weighted by molar-refractivity contribution is 0.0996. The first-order valence-corrected chi connectivity index (χ1v) is 9.66. The molecule has 3 aromatic heterocycles. The fourth-order valence-corrected chi connectivity index (χ4v) is 3.53. The van der Waals surface area contributed by atoms with E-state index in [9.17, 15) is 4.79 Å². The van der Waals surface area contributed by atoms with Gasteiger partial charge in [-0.2, -0.15) is 0 Å². The predicted octanol–water partition coefficient (Wildman–Crippen LogP) is 2.40. The highest BCUT2D eigenvalue weighted by Gasteiger charge is 2.32. The molecular weight excluding hydrogens is 400 g/mol. The Morgan fingerprint density at radius 1 is 1.16 bits per heavy atom. The fraction of sp³-hybridized carbons (Fsp3) is 0.273. The molecule has 0 saturated carbocycles. The molecule has 1 N–H and O–H groups in total. The monoisotopic (exact) mass is 422 g/mol. The number of aliphatic hydroxyl groups is 1. The molecule has 160 valence electrons. The van der Waals surface area contributed by atoms with Crippen molar-refractivity contribution in [1.82, 2.24) is 15.0 Å². The minimum atomic E-state index is -0.128. The Morgan fingerprint density at radius 2 is 2.00 bits per heavy atom. The van der Waals surface area contributed by atoms with E-state index in [0.717, 1.165) is 11.1 Å². The van der Waals surface area contributed by atoms with Crippen LogP contribution in [0, 0.1) is 6.92 Å². The van der Waals surface area contributed by atoms with Gasteiger partial charge in [-0.25, -0.2) is 9.97 Å². The number of anilines is 1. The van der Waals surface area contributed by atoms with E-state index in [0.29, 0.717) is 46.7 Å². The van der Waals surface area contributed by atoms with Crippen LogP contribution < -0.4 is 19.1 Å². The van der Waals surface area contributed by atoms with Crippen molar-refractivity contribution in [3.63, 3.8) is 0 Å². The highest BCUT2D eigenvalue weighted by Crippen LogP contribution is 2.34. The summed E-state index contributed by atoms with van der Waals surface area (Å²) in [6, 6.07) is 7.09. The molecule has 3 aromatic rings. The summed E-state index contributed by atoms with van der Waals surface area (Å²) in [5.41, 5.74) is 4.21. The van der Waals surface area contributed by atoms with Gasteiger partial charge in [-0.05, 0) is 30.7 Å². The molecule has 1 amide bonds. The number of carbonyl (C=O) groups excluding carboxylic acids is 1. The maximum absolute atomic E-state index is 13.1. The molecule has 1 aliphatic rings. The molecule has 0 fully saturated rings. The highest BCUT2D eigenvalue weighted by molar-refractivity contribution is 6.10. The quantitative estimate of drug-likeness (QED) is 0.619. The van der Waals surface area contributed by atoms with Crippen LogP contribution >= 0.6 is 0 Å². The molecule has 1 aliphatic heterocycles. The Bertz CT molecular complexity index is 1130. The fourth-order valence-electron chi connectivity index (χ4n) is 3.53. The number of aromatic nitrogens is 3. The zero-order valence-corrected chi connectivity index (χ0v) is 17.5. The van der Waals surface area contributed by atoms with Crippen LogP contribution in [0.3, 0.4) is 0 Å². The number of methoxy groups -OCH3 is 2. The molecule has 0 saturated heterocycles. The van der Waals surface area contributed by atoms with Crippen molar-refractivity contribution >= 4 is 11.6 Å². The summed E-state index contributed by atoms with van der Waals surface area (Å²) >= 11 is 0. The third-order valence-corrected chi connectivity index (χ3v) is 4.96. The number of pyridine rings is 3. The highest BCUT2D eigenvalue weighted by atomic mass is 16.5. The van der Waals surface area contributed by atoms with Crippen molar-refractivity contribution in [3.05, 3.63) is 53.5 Å². The van der Waals surface area contributed by atoms with Crippen molar-refractivity contribution in [2.75, 3.05) is 32.3 Å². The third-order valence-electron chi connectivity index (χ3n) is 4.96. The SMILES string of the molecule is COc1cc(-c2cc(C)c3c(n2)CN(c2ccnc(OCCO)c2)C3=O)cnc1OC. The van der Waals surface area contributed by atoms with E-state index < -0.39 is 0 Å². The molecule has 0 bridgehead atoms. The number of nitrogens with zero attached hydrogens (tertiary/aromatic N) is 4. The Hall–Kier alpha value is -3.72. The van der Waals surface area contributed by atoms with Crippen molar-refractivity contribution in [2.45, 2.75) is 13.5 Å². The van der Waals surface area contributed by atoms with Gasteiger partial charge in [0, 0.05) is 24.0 Å². The summed E-state index contributed by atoms with van der Waals surface area (Å²) in [7, 11) is 3.08. The van der Waals surface area contributed by atoms with Gasteiger partial charge in [0.05, 0.1) is 50.0 Å². The molecule has 0 unspecified atom stereocenters. The lowest BCUT2D eigenvalue weighted by atomic mass is 10.0. The van der Waals surface area contributed by atoms with Gasteiger partial charge >= 0.3 is 0 Å². The van der Waals surface area contributed by atoms with Crippen molar-refractivity contribution in [2.24, 2.45) is 0 Å². The first kappa shape index (κ1) is 20.5. The number of carbonyl (C=O) groups is 1. The van der Waals surface area contributed by atoms with Gasteiger partial charge in [0.2, 0.25) is 5.88 Å². The van der Waals surface area contributed by atoms with E-state index >= 15 is 0 Å². The van der Waals surface area contributed by atoms with E-state index in [1.54, 1.807) is 36.5 Å². The van der Waals surface area contributed by atoms with Crippen LogP contribution in [0.4, 0.5) is 5.69 Å². The number of rotatable bonds is 7. The standard InChI is InChI=1S/C22H22N4O5/c1-13-8-16(14-9-18(29-2)21(30-3)24-11-14)25-17-12-26(22(28)20(13)17)15-4-5-23-19(10-15)31-7-6-27/h4-5,8-11,27H,6-7,12H2,1-3H3. The maximum atomic E-state index is 13.1. The summed E-state index contributed by atoms with van der Waals surface area (Å²) in [5, 5.41) is 8.94. The number of hydrogen-bond donors (Lipinski definition) is 1. The third kappa shape index (κ3) is 3.87. The zero-order chi connectivity index (χ0) is 22.0. The van der Waals surface area contributed by atoms with Crippen LogP contribution in [0.1, 0.15) is 21.6 Å². The van der Waals surface area contributed by atoms with E-state index in [1.807, 2.05) is 19.1 Å². The van der Waals surface area contributed by atoms with Gasteiger partial charge in [0.1, 0.15) is 6.61 Å². The predicted molar refractivity (Wildman–Crippen MR) is 113 cm³/mol. The Morgan fingerprint density at radius 3 is 2.74 bits per heavy atom. The molecular formula is C22H22N4O5. The van der Waals surface area contributed by atoms with E-state index in [2.05, 4.69) is 9.97 Å². The lowest BCUT2D eigenvalue weighted by Gasteiger charge is -2.16. The number of hydrogen-bond acceptors (Lipinski definition) is 8. The molecule has 0 aromatic carbocycles. The van der Waals surface area contributed by atoms with Crippen LogP contribution in [0.2, 0.25) is 0 Å². The average Bonchev–Trinajstić information content (AvgIpc) is 3.14. The number of aliphatic hydroxyl groups excluding tert-OH is 1. The van der Waals surface area contributed by atoms with Gasteiger partial charge < -0.3 is 24.2 Å². The largest absolute Gasteiger partial charge is 0.491 e. The molecule has 9 nitrogen and oxygen atoms in total. The van der Waals surface area contributed by atoms with Crippen molar-refractivity contribution in [1.29, 1.82) is 0 Å². The summed E-state index contributed by atoms with van der Waals surface area (Å²) in [6.07, 6.45) is 3.23. The van der Waals surface area contributed by atoms with E-state index in [1.165, 1.54) is 7.11 Å². The molecule has 31 heavy (non-hydrogen) atoms. The van der Waals surface area contributed by atoms with Gasteiger partial charge in [0.15, 0.2) is 5.75 Å². The number of aryl methyl sites for hydroxylation is 1. The first-order chi connectivity index (χ1) is 15.0. The summed E-state index contributed by atoms with van der Waals surface area (Å²) < 4.78 is 15.9. The normalized spacial score (nSPS) is 12.6. The molecule has 0 spiro atoms. The molecule has 0 aliphatic carbocycles. The topological polar surface area (TPSA) is 107 Å². The molecule has 4 heterocycles. The lowest BCUT2D eigenvalue weighted by Crippen LogP contribution is -2.23. The second kappa shape index (κ2) is 8.57. The van der Waals surface area contributed by atoms with Gasteiger partial charge in [0.25, 0.3) is 11.8 Å². The summed E-state index contributed by atoms with van der Waals surface area (Å²) in [5.74, 6) is 1.11. The summed E-state index contributed by atoms with van der Waals surface area (Å²) in [6.45, 7) is 2.24. The number of fused-ring (bicyclic) bond motifs is 1. The Balaban J connectivity index is 1.67. The Labute approximate surface area is 179 Å². The second-order valence-corrected chi connectivity index (χ2v) is 6.90. The average molecular weight is 422 g/mol. The maximum Gasteiger partial charge on any atom is 0.260 e. The molecule has 0 radical (unpaired) electrons. The van der Waals surface area contributed by atoms with Crippen LogP contribution in [0.25, 0.3) is 11.3 Å². The Kier molecular flexibility index (Phi) is 5.68. The second-order valence-electron chi connectivity index (χ2n) is 6.90. The number of amides is 1. The smallest absolute Gasteiger partial charge is 0.260 e. The number of ether oxygens (including phenoxy) is 3. The van der Waals surface area contributed by atoms with Crippen molar-refractivity contribution in [3.8, 4) is 28.8 Å². The van der Waals surface area contributed by atoms with Crippen molar-refractivity contribution < 1.29 is 24.1 Å². The van der Waals surface area contributed by atoms with E-state index in [-0.39, 0.29) is 19.1 Å².